The molecule has 4 spiro atoms. The highest BCUT2D eigenvalue weighted by Crippen LogP contribution is 2.53. The minimum atomic E-state index is -4.94. The van der Waals surface area contributed by atoms with Crippen molar-refractivity contribution < 1.29 is 120 Å². The van der Waals surface area contributed by atoms with Crippen LogP contribution in [0.4, 0.5) is 71.7 Å². The molecular weight excluding hydrogens is 1890 g/mol. The lowest BCUT2D eigenvalue weighted by Crippen LogP contribution is -2.63. The zero-order chi connectivity index (χ0) is 103. The number of Topliss-reactive ketones (excluding diaryl/α,β-unsaturated/α-hetero) is 2. The number of fused-ring (bicyclic) bond motifs is 8. The van der Waals surface area contributed by atoms with Crippen molar-refractivity contribution in [1.82, 2.24) is 62.9 Å². The number of pyridine rings is 1. The van der Waals surface area contributed by atoms with Crippen molar-refractivity contribution in [3.63, 3.8) is 0 Å². The molecule has 141 heavy (non-hydrogen) atoms. The normalized spacial score (nSPS) is 19.1. The van der Waals surface area contributed by atoms with E-state index in [0.717, 1.165) is 75.0 Å². The molecule has 25 nitrogen and oxygen atoms in total. The highest BCUT2D eigenvalue weighted by Gasteiger charge is 2.55. The van der Waals surface area contributed by atoms with Gasteiger partial charge in [-0.05, 0) is 229 Å². The first kappa shape index (κ1) is 106. The highest BCUT2D eigenvalue weighted by molar-refractivity contribution is 6.31. The summed E-state index contributed by atoms with van der Waals surface area (Å²) in [7, 11) is 8.75. The van der Waals surface area contributed by atoms with Gasteiger partial charge in [-0.2, -0.15) is 65.9 Å². The van der Waals surface area contributed by atoms with Gasteiger partial charge in [0.05, 0.1) is 82.8 Å². The van der Waals surface area contributed by atoms with E-state index in [1.165, 1.54) is 64.3 Å². The average molecular weight is 2020 g/mol. The Morgan fingerprint density at radius 1 is 0.511 bits per heavy atom. The fourth-order valence-electron chi connectivity index (χ4n) is 21.5. The number of benzene rings is 3. The molecule has 770 valence electrons. The van der Waals surface area contributed by atoms with Gasteiger partial charge >= 0.3 is 30.9 Å². The Hall–Kier alpha value is -10.8. The molecule has 1 saturated carbocycles. The van der Waals surface area contributed by atoms with Gasteiger partial charge in [-0.25, -0.2) is 4.98 Å². The number of rotatable bonds is 19. The van der Waals surface area contributed by atoms with Gasteiger partial charge in [-0.3, -0.25) is 48.8 Å². The second-order valence-electron chi connectivity index (χ2n) is 39.2. The van der Waals surface area contributed by atoms with Gasteiger partial charge in [0.15, 0.2) is 17.3 Å². The molecule has 9 aliphatic rings. The Bertz CT molecular complexity index is 5900. The van der Waals surface area contributed by atoms with Crippen LogP contribution in [0.2, 0.25) is 5.02 Å². The molecule has 2 N–H and O–H groups in total. The van der Waals surface area contributed by atoms with Gasteiger partial charge in [0.25, 0.3) is 29.4 Å². The Kier molecular flexibility index (Phi) is 30.6. The van der Waals surface area contributed by atoms with E-state index in [9.17, 15) is 99.7 Å². The maximum absolute atomic E-state index is 13.6. The predicted molar refractivity (Wildman–Crippen MR) is 497 cm³/mol. The largest absolute Gasteiger partial charge is 0.507 e. The van der Waals surface area contributed by atoms with Crippen molar-refractivity contribution in [2.75, 3.05) is 139 Å². The van der Waals surface area contributed by atoms with Crippen molar-refractivity contribution in [2.45, 2.75) is 210 Å². The summed E-state index contributed by atoms with van der Waals surface area (Å²) in [4.78, 5) is 97.8. The van der Waals surface area contributed by atoms with Gasteiger partial charge in [-0.1, -0.05) is 38.4 Å². The smallest absolute Gasteiger partial charge is 0.456 e. The lowest BCUT2D eigenvalue weighted by molar-refractivity contribution is -0.176. The molecule has 4 amide bonds. The van der Waals surface area contributed by atoms with Crippen LogP contribution in [0, 0.1) is 11.3 Å². The molecule has 8 aromatic rings. The van der Waals surface area contributed by atoms with Gasteiger partial charge in [-0.15, -0.1) is 0 Å². The molecule has 3 aromatic carbocycles. The number of hydrogen-bond acceptors (Lipinski definition) is 17. The van der Waals surface area contributed by atoms with Gasteiger partial charge in [0, 0.05) is 169 Å². The second kappa shape index (κ2) is 40.8. The number of ketones is 2. The topological polar surface area (TPSA) is 230 Å². The van der Waals surface area contributed by atoms with Crippen LogP contribution in [0.3, 0.4) is 0 Å². The molecule has 17 rings (SSSR count). The molecule has 0 radical (unpaired) electrons. The Labute approximate surface area is 814 Å². The molecule has 8 aliphatic heterocycles. The fourth-order valence-corrected chi connectivity index (χ4v) is 21.9. The third-order valence-electron chi connectivity index (χ3n) is 29.6. The third-order valence-corrected chi connectivity index (χ3v) is 29.9. The number of nitrogens with zero attached hydrogens (tertiary/aromatic N) is 13. The number of halogens is 16. The number of carbonyl (C=O) groups is 6. The number of likely N-dealkylation sites (N-methyl/N-ethyl adjacent to an activating group) is 3. The first-order valence-electron chi connectivity index (χ1n) is 47.3. The summed E-state index contributed by atoms with van der Waals surface area (Å²) in [6, 6.07) is 26.6. The van der Waals surface area contributed by atoms with Crippen molar-refractivity contribution in [2.24, 2.45) is 11.3 Å². The second-order valence-corrected chi connectivity index (χ2v) is 39.6. The van der Waals surface area contributed by atoms with Crippen molar-refractivity contribution in [3.05, 3.63) is 199 Å². The Balaban J connectivity index is 0.000000159. The molecule has 41 heteroatoms. The summed E-state index contributed by atoms with van der Waals surface area (Å²) in [5.41, 5.74) is -0.696. The number of aromatic nitrogens is 5. The quantitative estimate of drug-likeness (QED) is 0.0566. The maximum Gasteiger partial charge on any atom is 0.456 e. The number of phenols is 1. The van der Waals surface area contributed by atoms with E-state index in [1.807, 2.05) is 77.7 Å². The van der Waals surface area contributed by atoms with Crippen molar-refractivity contribution in [3.8, 4) is 23.0 Å². The Morgan fingerprint density at radius 3 is 1.52 bits per heavy atom. The van der Waals surface area contributed by atoms with Gasteiger partial charge in [0.2, 0.25) is 0 Å². The van der Waals surface area contributed by atoms with Crippen LogP contribution < -0.4 is 24.4 Å². The monoisotopic (exact) mass is 2010 g/mol. The SMILES string of the molecule is CCN(CC)c1ncccc1C(=O)N1CCC2(CC1)c1ccc(C(F)(F)F)n1CCN2C.CN1CCn2c(C(=O)C3(C)CC3)ccc2C12CCN(C(=O)c1ccc(O)c(C(F)(F)F)c1)CC2.COc1cc(C(=O)N2CCC3(CC2)NC(C)(C)Cn2c(C(=O)C(F)(F)F)ccc23)ccc1OCCC(C)C.COc1cc(C(=O)N2CCC3(CC2)c2c(Cl)cc(C(F)(F)F)n2CCN3C)ccc1COCC(F)(F)F.[HH]. The molecule has 1 aliphatic carbocycles. The number of methoxy groups -OCH3 is 2. The summed E-state index contributed by atoms with van der Waals surface area (Å²) in [5.74, 6) is -1.06. The van der Waals surface area contributed by atoms with Crippen LogP contribution in [0.5, 0.6) is 23.0 Å². The van der Waals surface area contributed by atoms with Crippen LogP contribution in [0.25, 0.3) is 0 Å². The number of alkyl halides is 15. The summed E-state index contributed by atoms with van der Waals surface area (Å²) < 4.78 is 225. The molecule has 0 unspecified atom stereocenters. The summed E-state index contributed by atoms with van der Waals surface area (Å²) in [6.07, 6.45) is -14.4. The van der Waals surface area contributed by atoms with E-state index < -0.39 is 94.0 Å². The lowest BCUT2D eigenvalue weighted by atomic mass is 9.79. The van der Waals surface area contributed by atoms with Crippen LogP contribution in [-0.4, -0.2) is 249 Å². The maximum atomic E-state index is 13.6. The molecule has 0 bridgehead atoms. The van der Waals surface area contributed by atoms with E-state index in [-0.39, 0.29) is 96.3 Å². The summed E-state index contributed by atoms with van der Waals surface area (Å²) in [5, 5.41) is 13.3. The minimum absolute atomic E-state index is 0. The zero-order valence-corrected chi connectivity index (χ0v) is 81.6. The molecule has 4 saturated heterocycles. The van der Waals surface area contributed by atoms with E-state index in [4.69, 9.17) is 25.8 Å². The minimum Gasteiger partial charge on any atom is -0.507 e. The number of phenolic OH excluding ortho intramolecular Hbond substituents is 1. The number of likely N-dealkylation sites (tertiary alicyclic amines) is 4. The average Bonchev–Trinajstić information content (AvgIpc) is 1.56. The molecule has 5 aromatic heterocycles. The van der Waals surface area contributed by atoms with Crippen molar-refractivity contribution in [1.29, 1.82) is 0 Å². The summed E-state index contributed by atoms with van der Waals surface area (Å²) in [6.45, 7) is 20.8. The molecule has 13 heterocycles. The summed E-state index contributed by atoms with van der Waals surface area (Å²) >= 11 is 6.35. The van der Waals surface area contributed by atoms with E-state index in [1.54, 1.807) is 63.4 Å². The number of nitrogens with one attached hydrogen (secondary N) is 1. The molecule has 0 atom stereocenters. The number of amides is 4. The van der Waals surface area contributed by atoms with Crippen LogP contribution in [0.15, 0.2) is 115 Å². The number of anilines is 1. The van der Waals surface area contributed by atoms with Crippen LogP contribution >= 0.6 is 11.6 Å². The number of ether oxygens (including phenoxy) is 4. The molecule has 5 fully saturated rings. The third kappa shape index (κ3) is 21.7. The first-order valence-corrected chi connectivity index (χ1v) is 47.7. The van der Waals surface area contributed by atoms with Crippen LogP contribution in [0.1, 0.15) is 228 Å². The zero-order valence-electron chi connectivity index (χ0n) is 80.9. The van der Waals surface area contributed by atoms with Gasteiger partial charge in [0.1, 0.15) is 35.3 Å². The van der Waals surface area contributed by atoms with Crippen LogP contribution in [-0.2, 0) is 78.2 Å². The molecular formula is C100H122ClF15N14O11. The fraction of sp³-hybridized carbons (Fsp3) is 0.550. The number of aromatic hydroxyl groups is 1. The van der Waals surface area contributed by atoms with E-state index in [2.05, 4.69) is 48.2 Å². The predicted octanol–water partition coefficient (Wildman–Crippen LogP) is 18.8. The highest BCUT2D eigenvalue weighted by atomic mass is 35.5. The Morgan fingerprint density at radius 2 is 0.993 bits per heavy atom. The number of piperidine rings is 4. The van der Waals surface area contributed by atoms with Crippen molar-refractivity contribution >= 4 is 52.6 Å². The standard InChI is InChI=1S/C28H36F3N3O4.C25H28F3N3O3.C24H26ClF6N3O3.C23H30F3N5O.H2/c1-18(2)10-15-38-21-8-6-19(16-22(21)37-5)25(36)33-13-11-27(12-14-33)23-9-7-20(24(35)28(29,30)31)34(23)17-26(3,4)32-27;1-23(7-8-23)21(33)18-4-6-20-24(29(2)13-14-31(18)20)9-11-30(12-10-24)22(34)16-3-5-19(32)17(15-16)25(26,27)28;1-32-9-10-34-19(24(29,30)31)12-17(25)20(34)22(32)5-7-33(8-6-22)21(35)15-3-4-16(18(11-15)36-2)13-37-14-23(26,27)28;1-4-29(5-2)20-17(7-6-12-27-20)21(32)30-13-10-22(11-14-30)18-8-9-19(23(24,25)26)31(18)16-15-28(22)3;/h6-9,16,18,32H,10-15,17H2,1-5H3;3-6,15,32H,7-14H2,1-2H3;3-4,11-12H,5-10,13-14H2,1-2H3;6-9,12H,4-5,10-11,13-16H2,1-3H3;1H. The first-order chi connectivity index (χ1) is 66.2. The number of hydrogen-bond donors (Lipinski definition) is 2. The van der Waals surface area contributed by atoms with Gasteiger partial charge < -0.3 is 66.8 Å². The van der Waals surface area contributed by atoms with E-state index in [0.29, 0.717) is 174 Å². The number of carbonyl (C=O) groups excluding carboxylic acids is 6. The van der Waals surface area contributed by atoms with E-state index >= 15 is 0 Å². The lowest BCUT2D eigenvalue weighted by Gasteiger charge is -2.51.